The molecule has 3 aromatic heterocycles. The van der Waals surface area contributed by atoms with Gasteiger partial charge in [0, 0.05) is 49.6 Å². The summed E-state index contributed by atoms with van der Waals surface area (Å²) >= 11 is 0. The van der Waals surface area contributed by atoms with Crippen LogP contribution in [0.4, 0.5) is 0 Å². The summed E-state index contributed by atoms with van der Waals surface area (Å²) in [6, 6.07) is 73.1. The second kappa shape index (κ2) is 13.1. The molecular weight excluding hydrogens is 681 g/mol. The van der Waals surface area contributed by atoms with Gasteiger partial charge in [0.05, 0.1) is 33.5 Å². The number of rotatable bonds is 6. The Morgan fingerprint density at radius 1 is 0.321 bits per heavy atom. The van der Waals surface area contributed by atoms with Crippen LogP contribution in [0.25, 0.3) is 100 Å². The Morgan fingerprint density at radius 2 is 0.893 bits per heavy atom. The highest BCUT2D eigenvalue weighted by molar-refractivity contribution is 6.26. The molecule has 0 aliphatic heterocycles. The summed E-state index contributed by atoms with van der Waals surface area (Å²) in [7, 11) is 0. The van der Waals surface area contributed by atoms with Crippen molar-refractivity contribution in [3.8, 4) is 56.4 Å². The number of benzene rings is 8. The zero-order chi connectivity index (χ0) is 37.0. The third-order valence-electron chi connectivity index (χ3n) is 10.9. The summed E-state index contributed by atoms with van der Waals surface area (Å²) < 4.78 is 4.86. The van der Waals surface area contributed by atoms with E-state index in [4.69, 9.17) is 9.97 Å². The van der Waals surface area contributed by atoms with Crippen LogP contribution in [-0.2, 0) is 0 Å². The summed E-state index contributed by atoms with van der Waals surface area (Å²) in [5, 5.41) is 4.96. The maximum atomic E-state index is 5.20. The van der Waals surface area contributed by atoms with Crippen molar-refractivity contribution in [3.63, 3.8) is 0 Å². The van der Waals surface area contributed by atoms with E-state index in [1.54, 1.807) is 0 Å². The summed E-state index contributed by atoms with van der Waals surface area (Å²) in [5.41, 5.74) is 14.1. The van der Waals surface area contributed by atoms with E-state index in [-0.39, 0.29) is 0 Å². The Balaban J connectivity index is 1.13. The molecule has 0 atom stereocenters. The predicted octanol–water partition coefficient (Wildman–Crippen LogP) is 13.3. The van der Waals surface area contributed by atoms with Crippen LogP contribution in [0, 0.1) is 0 Å². The zero-order valence-corrected chi connectivity index (χ0v) is 30.4. The quantitative estimate of drug-likeness (QED) is 0.172. The Labute approximate surface area is 324 Å². The van der Waals surface area contributed by atoms with E-state index in [1.165, 1.54) is 43.6 Å². The minimum absolute atomic E-state index is 0.704. The van der Waals surface area contributed by atoms with Crippen molar-refractivity contribution in [1.82, 2.24) is 19.1 Å². The van der Waals surface area contributed by atoms with Crippen LogP contribution in [0.15, 0.2) is 206 Å². The average molecular weight is 715 g/mol. The Kier molecular flexibility index (Phi) is 7.46. The van der Waals surface area contributed by atoms with Crippen LogP contribution in [0.1, 0.15) is 0 Å². The van der Waals surface area contributed by atoms with Gasteiger partial charge in [0.2, 0.25) is 0 Å². The van der Waals surface area contributed by atoms with E-state index in [0.29, 0.717) is 5.82 Å². The first-order chi connectivity index (χ1) is 27.8. The second-order valence-corrected chi connectivity index (χ2v) is 14.2. The molecule has 0 aliphatic carbocycles. The lowest BCUT2D eigenvalue weighted by Gasteiger charge is -2.15. The highest BCUT2D eigenvalue weighted by atomic mass is 15.0. The second-order valence-electron chi connectivity index (χ2n) is 14.2. The molecule has 0 unspecified atom stereocenters. The van der Waals surface area contributed by atoms with E-state index in [0.717, 1.165) is 50.6 Å². The molecule has 262 valence electrons. The highest BCUT2D eigenvalue weighted by Gasteiger charge is 2.21. The summed E-state index contributed by atoms with van der Waals surface area (Å²) in [6.07, 6.45) is 0. The maximum Gasteiger partial charge on any atom is 0.160 e. The number of hydrogen-bond acceptors (Lipinski definition) is 2. The lowest BCUT2D eigenvalue weighted by atomic mass is 9.96. The lowest BCUT2D eigenvalue weighted by Crippen LogP contribution is -1.98. The molecule has 3 heterocycles. The van der Waals surface area contributed by atoms with Crippen LogP contribution < -0.4 is 0 Å². The summed E-state index contributed by atoms with van der Waals surface area (Å²) in [6.45, 7) is 0. The molecule has 0 saturated carbocycles. The Hall–Kier alpha value is -7.56. The standard InChI is InChI=1S/C52H34N4/c1-4-17-35(18-5-1)45-34-46(54-52(53-45)36-19-6-2-7-20-36)41-26-11-10-25-40(41)37-21-16-24-39(33-37)55-48-30-15-13-28-44(48)50-49(55)32-31-43-42-27-12-14-29-47(42)56(51(43)50)38-22-8-3-9-23-38/h1-34H. The fraction of sp³-hybridized carbons (Fsp3) is 0. The molecule has 0 spiro atoms. The first-order valence-electron chi connectivity index (χ1n) is 19.0. The molecule has 11 rings (SSSR count). The topological polar surface area (TPSA) is 35.6 Å². The minimum Gasteiger partial charge on any atom is -0.309 e. The van der Waals surface area contributed by atoms with E-state index >= 15 is 0 Å². The molecule has 0 N–H and O–H groups in total. The van der Waals surface area contributed by atoms with Gasteiger partial charge in [-0.05, 0) is 59.7 Å². The van der Waals surface area contributed by atoms with Crippen molar-refractivity contribution in [3.05, 3.63) is 206 Å². The number of aromatic nitrogens is 4. The van der Waals surface area contributed by atoms with E-state index in [9.17, 15) is 0 Å². The van der Waals surface area contributed by atoms with E-state index < -0.39 is 0 Å². The SMILES string of the molecule is c1ccc(-c2cc(-c3ccccc3-c3cccc(-n4c5ccccc5c5c4ccc4c6ccccc6n(-c6ccccc6)c45)c3)nc(-c3ccccc3)n2)cc1. The molecule has 0 radical (unpaired) electrons. The van der Waals surface area contributed by atoms with Gasteiger partial charge in [0.1, 0.15) is 0 Å². The van der Waals surface area contributed by atoms with Gasteiger partial charge in [-0.3, -0.25) is 0 Å². The van der Waals surface area contributed by atoms with Crippen molar-refractivity contribution in [2.75, 3.05) is 0 Å². The first-order valence-corrected chi connectivity index (χ1v) is 19.0. The Bertz CT molecular complexity index is 3170. The van der Waals surface area contributed by atoms with Gasteiger partial charge in [0.15, 0.2) is 5.82 Å². The summed E-state index contributed by atoms with van der Waals surface area (Å²) in [5.74, 6) is 0.704. The van der Waals surface area contributed by atoms with Crippen molar-refractivity contribution in [2.45, 2.75) is 0 Å². The molecule has 0 aliphatic rings. The van der Waals surface area contributed by atoms with Crippen molar-refractivity contribution in [2.24, 2.45) is 0 Å². The zero-order valence-electron chi connectivity index (χ0n) is 30.4. The predicted molar refractivity (Wildman–Crippen MR) is 232 cm³/mol. The number of hydrogen-bond donors (Lipinski definition) is 0. The van der Waals surface area contributed by atoms with Crippen LogP contribution >= 0.6 is 0 Å². The van der Waals surface area contributed by atoms with Crippen LogP contribution in [-0.4, -0.2) is 19.1 Å². The molecule has 4 nitrogen and oxygen atoms in total. The smallest absolute Gasteiger partial charge is 0.160 e. The van der Waals surface area contributed by atoms with Crippen LogP contribution in [0.3, 0.4) is 0 Å². The molecule has 8 aromatic carbocycles. The van der Waals surface area contributed by atoms with Gasteiger partial charge in [-0.15, -0.1) is 0 Å². The van der Waals surface area contributed by atoms with Gasteiger partial charge in [0.25, 0.3) is 0 Å². The fourth-order valence-electron chi connectivity index (χ4n) is 8.46. The molecule has 56 heavy (non-hydrogen) atoms. The van der Waals surface area contributed by atoms with Gasteiger partial charge in [-0.25, -0.2) is 9.97 Å². The third kappa shape index (κ3) is 5.15. The number of para-hydroxylation sites is 3. The molecular formula is C52H34N4. The molecule has 0 fully saturated rings. The van der Waals surface area contributed by atoms with Crippen molar-refractivity contribution >= 4 is 43.6 Å². The number of nitrogens with zero attached hydrogens (tertiary/aromatic N) is 4. The van der Waals surface area contributed by atoms with Gasteiger partial charge in [-0.1, -0.05) is 158 Å². The number of fused-ring (bicyclic) bond motifs is 7. The molecule has 0 bridgehead atoms. The minimum atomic E-state index is 0.704. The molecule has 4 heteroatoms. The molecule has 11 aromatic rings. The van der Waals surface area contributed by atoms with Crippen LogP contribution in [0.5, 0.6) is 0 Å². The van der Waals surface area contributed by atoms with E-state index in [2.05, 4.69) is 191 Å². The van der Waals surface area contributed by atoms with E-state index in [1.807, 2.05) is 24.3 Å². The molecule has 0 amide bonds. The van der Waals surface area contributed by atoms with Crippen molar-refractivity contribution < 1.29 is 0 Å². The average Bonchev–Trinajstić information content (AvgIpc) is 3.80. The highest BCUT2D eigenvalue weighted by Crippen LogP contribution is 2.43. The van der Waals surface area contributed by atoms with Gasteiger partial charge >= 0.3 is 0 Å². The normalized spacial score (nSPS) is 11.6. The van der Waals surface area contributed by atoms with Gasteiger partial charge in [-0.2, -0.15) is 0 Å². The summed E-state index contributed by atoms with van der Waals surface area (Å²) in [4.78, 5) is 10.3. The molecule has 0 saturated heterocycles. The van der Waals surface area contributed by atoms with Crippen LogP contribution in [0.2, 0.25) is 0 Å². The lowest BCUT2D eigenvalue weighted by molar-refractivity contribution is 1.17. The fourth-order valence-corrected chi connectivity index (χ4v) is 8.46. The Morgan fingerprint density at radius 3 is 1.66 bits per heavy atom. The third-order valence-corrected chi connectivity index (χ3v) is 10.9. The maximum absolute atomic E-state index is 5.20. The van der Waals surface area contributed by atoms with Crippen molar-refractivity contribution in [1.29, 1.82) is 0 Å². The van der Waals surface area contributed by atoms with Gasteiger partial charge < -0.3 is 9.13 Å². The first kappa shape index (κ1) is 31.9. The monoisotopic (exact) mass is 714 g/mol. The largest absolute Gasteiger partial charge is 0.309 e.